The molecule has 1 aliphatic carbocycles. The fraction of sp³-hybridized carbons (Fsp3) is 0.857. The monoisotopic (exact) mass is 240 g/mol. The van der Waals surface area contributed by atoms with E-state index in [4.69, 9.17) is 0 Å². The van der Waals surface area contributed by atoms with Gasteiger partial charge in [-0.05, 0) is 25.2 Å². The zero-order valence-corrected chi connectivity index (χ0v) is 11.0. The van der Waals surface area contributed by atoms with Crippen LogP contribution in [-0.2, 0) is 14.3 Å². The third-order valence-electron chi connectivity index (χ3n) is 3.81. The van der Waals surface area contributed by atoms with Gasteiger partial charge in [0.15, 0.2) is 0 Å². The van der Waals surface area contributed by atoms with Gasteiger partial charge in [0.05, 0.1) is 7.11 Å². The Labute approximate surface area is 104 Å². The van der Waals surface area contributed by atoms with Crippen LogP contribution in [0.3, 0.4) is 0 Å². The fourth-order valence-electron chi connectivity index (χ4n) is 2.74. The lowest BCUT2D eigenvalue weighted by Gasteiger charge is -2.17. The lowest BCUT2D eigenvalue weighted by Crippen LogP contribution is -2.16. The Kier molecular flexibility index (Phi) is 6.23. The second-order valence-electron chi connectivity index (χ2n) is 4.98. The van der Waals surface area contributed by atoms with E-state index in [2.05, 4.69) is 11.7 Å². The summed E-state index contributed by atoms with van der Waals surface area (Å²) in [4.78, 5) is 22.9. The van der Waals surface area contributed by atoms with Crippen molar-refractivity contribution in [2.45, 2.75) is 58.3 Å². The molecule has 0 heterocycles. The van der Waals surface area contributed by atoms with Gasteiger partial charge in [0, 0.05) is 18.8 Å². The summed E-state index contributed by atoms with van der Waals surface area (Å²) < 4.78 is 4.65. The van der Waals surface area contributed by atoms with E-state index < -0.39 is 0 Å². The Morgan fingerprint density at radius 3 is 2.76 bits per heavy atom. The van der Waals surface area contributed by atoms with Crippen LogP contribution < -0.4 is 0 Å². The van der Waals surface area contributed by atoms with Crippen molar-refractivity contribution in [3.63, 3.8) is 0 Å². The summed E-state index contributed by atoms with van der Waals surface area (Å²) >= 11 is 0. The van der Waals surface area contributed by atoms with Crippen LogP contribution in [0.5, 0.6) is 0 Å². The topological polar surface area (TPSA) is 43.4 Å². The number of rotatable bonds is 7. The molecule has 0 aliphatic heterocycles. The van der Waals surface area contributed by atoms with Gasteiger partial charge in [-0.15, -0.1) is 0 Å². The van der Waals surface area contributed by atoms with Crippen molar-refractivity contribution in [3.05, 3.63) is 0 Å². The van der Waals surface area contributed by atoms with E-state index in [-0.39, 0.29) is 11.9 Å². The quantitative estimate of drug-likeness (QED) is 0.507. The highest BCUT2D eigenvalue weighted by Gasteiger charge is 2.33. The number of hydrogen-bond donors (Lipinski definition) is 0. The van der Waals surface area contributed by atoms with E-state index in [1.54, 1.807) is 0 Å². The Morgan fingerprint density at radius 1 is 1.35 bits per heavy atom. The molecule has 0 saturated heterocycles. The number of esters is 1. The Morgan fingerprint density at radius 2 is 2.12 bits per heavy atom. The third kappa shape index (κ3) is 4.49. The molecule has 0 radical (unpaired) electrons. The first-order valence-electron chi connectivity index (χ1n) is 6.78. The van der Waals surface area contributed by atoms with E-state index >= 15 is 0 Å². The van der Waals surface area contributed by atoms with E-state index in [9.17, 15) is 9.59 Å². The standard InChI is InChI=1S/C14H24O3/c1-3-4-5-6-12-11(7-9-13(12)15)8-10-14(16)17-2/h11-12H,3-10H2,1-2H3/t11-,12+/m1/s1. The van der Waals surface area contributed by atoms with Gasteiger partial charge in [-0.2, -0.15) is 0 Å². The van der Waals surface area contributed by atoms with Gasteiger partial charge in [0.25, 0.3) is 0 Å². The zero-order valence-electron chi connectivity index (χ0n) is 11.0. The lowest BCUT2D eigenvalue weighted by atomic mass is 9.87. The molecular formula is C14H24O3. The molecule has 0 bridgehead atoms. The molecule has 0 N–H and O–H groups in total. The summed E-state index contributed by atoms with van der Waals surface area (Å²) in [6.07, 6.45) is 7.49. The van der Waals surface area contributed by atoms with Crippen molar-refractivity contribution in [2.75, 3.05) is 7.11 Å². The van der Waals surface area contributed by atoms with Crippen molar-refractivity contribution in [3.8, 4) is 0 Å². The molecule has 1 aliphatic rings. The number of ketones is 1. The Balaban J connectivity index is 2.35. The largest absolute Gasteiger partial charge is 0.469 e. The van der Waals surface area contributed by atoms with Crippen molar-refractivity contribution < 1.29 is 14.3 Å². The smallest absolute Gasteiger partial charge is 0.305 e. The van der Waals surface area contributed by atoms with Crippen molar-refractivity contribution in [2.24, 2.45) is 11.8 Å². The highest BCUT2D eigenvalue weighted by Crippen LogP contribution is 2.35. The summed E-state index contributed by atoms with van der Waals surface area (Å²) in [6, 6.07) is 0. The highest BCUT2D eigenvalue weighted by molar-refractivity contribution is 5.83. The number of Topliss-reactive ketones (excluding diaryl/α,β-unsaturated/α-hetero) is 1. The van der Waals surface area contributed by atoms with Crippen molar-refractivity contribution in [1.82, 2.24) is 0 Å². The molecule has 2 atom stereocenters. The molecule has 1 saturated carbocycles. The minimum Gasteiger partial charge on any atom is -0.469 e. The fourth-order valence-corrected chi connectivity index (χ4v) is 2.74. The van der Waals surface area contributed by atoms with Crippen molar-refractivity contribution in [1.29, 1.82) is 0 Å². The normalized spacial score (nSPS) is 24.0. The molecule has 0 amide bonds. The van der Waals surface area contributed by atoms with Crippen LogP contribution in [0.1, 0.15) is 58.3 Å². The summed E-state index contributed by atoms with van der Waals surface area (Å²) in [5.74, 6) is 0.886. The molecule has 0 aromatic carbocycles. The number of unbranched alkanes of at least 4 members (excludes halogenated alkanes) is 2. The first-order chi connectivity index (χ1) is 8.19. The number of carbonyl (C=O) groups excluding carboxylic acids is 2. The van der Waals surface area contributed by atoms with Gasteiger partial charge in [0.1, 0.15) is 5.78 Å². The summed E-state index contributed by atoms with van der Waals surface area (Å²) in [6.45, 7) is 2.17. The molecule has 98 valence electrons. The maximum atomic E-state index is 11.8. The number of carbonyl (C=O) groups is 2. The van der Waals surface area contributed by atoms with Crippen molar-refractivity contribution >= 4 is 11.8 Å². The maximum absolute atomic E-state index is 11.8. The predicted octanol–water partition coefficient (Wildman–Crippen LogP) is 3.12. The van der Waals surface area contributed by atoms with E-state index in [0.29, 0.717) is 24.5 Å². The SMILES string of the molecule is CCCCC[C@@H]1C(=O)CC[C@@H]1CCC(=O)OC. The van der Waals surface area contributed by atoms with Crippen LogP contribution in [-0.4, -0.2) is 18.9 Å². The van der Waals surface area contributed by atoms with Crippen LogP contribution >= 0.6 is 0 Å². The Hall–Kier alpha value is -0.860. The summed E-state index contributed by atoms with van der Waals surface area (Å²) in [5.41, 5.74) is 0. The van der Waals surface area contributed by atoms with Gasteiger partial charge >= 0.3 is 5.97 Å². The van der Waals surface area contributed by atoms with Crippen LogP contribution in [0.25, 0.3) is 0 Å². The van der Waals surface area contributed by atoms with E-state index in [1.165, 1.54) is 20.0 Å². The molecule has 3 nitrogen and oxygen atoms in total. The minimum atomic E-state index is -0.156. The summed E-state index contributed by atoms with van der Waals surface area (Å²) in [5, 5.41) is 0. The molecule has 1 rings (SSSR count). The van der Waals surface area contributed by atoms with Crippen LogP contribution in [0, 0.1) is 11.8 Å². The molecule has 1 fully saturated rings. The van der Waals surface area contributed by atoms with Crippen LogP contribution in [0.15, 0.2) is 0 Å². The van der Waals surface area contributed by atoms with Gasteiger partial charge in [0.2, 0.25) is 0 Å². The Bertz CT molecular complexity index is 260. The van der Waals surface area contributed by atoms with Crippen LogP contribution in [0.4, 0.5) is 0 Å². The average Bonchev–Trinajstić information content (AvgIpc) is 2.68. The first-order valence-corrected chi connectivity index (χ1v) is 6.78. The van der Waals surface area contributed by atoms with E-state index in [1.807, 2.05) is 0 Å². The molecule has 17 heavy (non-hydrogen) atoms. The third-order valence-corrected chi connectivity index (χ3v) is 3.81. The molecule has 0 aromatic heterocycles. The van der Waals surface area contributed by atoms with Gasteiger partial charge in [-0.3, -0.25) is 9.59 Å². The molecular weight excluding hydrogens is 216 g/mol. The highest BCUT2D eigenvalue weighted by atomic mass is 16.5. The summed E-state index contributed by atoms with van der Waals surface area (Å²) in [7, 11) is 1.42. The van der Waals surface area contributed by atoms with Gasteiger partial charge < -0.3 is 4.74 Å². The molecule has 0 spiro atoms. The second-order valence-corrected chi connectivity index (χ2v) is 4.98. The van der Waals surface area contributed by atoms with Crippen LogP contribution in [0.2, 0.25) is 0 Å². The molecule has 0 unspecified atom stereocenters. The number of hydrogen-bond acceptors (Lipinski definition) is 3. The lowest BCUT2D eigenvalue weighted by molar-refractivity contribution is -0.141. The zero-order chi connectivity index (χ0) is 12.7. The first kappa shape index (κ1) is 14.2. The maximum Gasteiger partial charge on any atom is 0.305 e. The predicted molar refractivity (Wildman–Crippen MR) is 66.6 cm³/mol. The minimum absolute atomic E-state index is 0.156. The number of ether oxygens (including phenoxy) is 1. The second kappa shape index (κ2) is 7.46. The van der Waals surface area contributed by atoms with Gasteiger partial charge in [-0.25, -0.2) is 0 Å². The molecule has 3 heteroatoms. The average molecular weight is 240 g/mol. The van der Waals surface area contributed by atoms with Gasteiger partial charge in [-0.1, -0.05) is 26.2 Å². The number of methoxy groups -OCH3 is 1. The van der Waals surface area contributed by atoms with E-state index in [0.717, 1.165) is 25.7 Å². The molecule has 0 aromatic rings.